The predicted octanol–water partition coefficient (Wildman–Crippen LogP) is -0.191. The van der Waals surface area contributed by atoms with Crippen LogP contribution >= 0.6 is 0 Å². The first-order valence-electron chi connectivity index (χ1n) is 5.09. The predicted molar refractivity (Wildman–Crippen MR) is 59.8 cm³/mol. The fourth-order valence-corrected chi connectivity index (χ4v) is 2.52. The van der Waals surface area contributed by atoms with Crippen molar-refractivity contribution in [3.63, 3.8) is 0 Å². The first-order chi connectivity index (χ1) is 7.88. The van der Waals surface area contributed by atoms with Gasteiger partial charge in [0, 0.05) is 13.6 Å². The number of carboxylic acids is 1. The molecule has 0 saturated heterocycles. The molecule has 1 heterocycles. The van der Waals surface area contributed by atoms with Crippen LogP contribution in [0.2, 0.25) is 0 Å². The summed E-state index contributed by atoms with van der Waals surface area (Å²) in [6.45, 7) is 1.57. The van der Waals surface area contributed by atoms with E-state index in [1.54, 1.807) is 6.92 Å². The molecule has 0 fully saturated rings. The Balaban J connectivity index is 2.75. The molecule has 1 aromatic rings. The molecule has 0 aliphatic rings. The van der Waals surface area contributed by atoms with Gasteiger partial charge in [0.1, 0.15) is 0 Å². The second-order valence-corrected chi connectivity index (χ2v) is 5.30. The Morgan fingerprint density at radius 3 is 2.71 bits per heavy atom. The third kappa shape index (κ3) is 3.27. The molecule has 96 valence electrons. The summed E-state index contributed by atoms with van der Waals surface area (Å²) in [5.74, 6) is -1.74. The molecular weight excluding hydrogens is 246 g/mol. The SMILES string of the molecule is CCC(CNS(=O)(=O)c1ccnn1C)C(=O)O. The monoisotopic (exact) mass is 261 g/mol. The van der Waals surface area contributed by atoms with Gasteiger partial charge < -0.3 is 5.11 Å². The number of rotatable bonds is 6. The largest absolute Gasteiger partial charge is 0.481 e. The van der Waals surface area contributed by atoms with Crippen LogP contribution in [-0.2, 0) is 21.9 Å². The van der Waals surface area contributed by atoms with Gasteiger partial charge in [0.2, 0.25) is 0 Å². The van der Waals surface area contributed by atoms with Crippen LogP contribution in [0.25, 0.3) is 0 Å². The molecule has 0 aliphatic carbocycles. The molecule has 0 aromatic carbocycles. The molecule has 1 aromatic heterocycles. The maximum absolute atomic E-state index is 11.8. The van der Waals surface area contributed by atoms with Crippen LogP contribution in [0.5, 0.6) is 0 Å². The van der Waals surface area contributed by atoms with Crippen LogP contribution < -0.4 is 4.72 Å². The van der Waals surface area contributed by atoms with Crippen molar-refractivity contribution in [1.82, 2.24) is 14.5 Å². The lowest BCUT2D eigenvalue weighted by atomic mass is 10.1. The van der Waals surface area contributed by atoms with Gasteiger partial charge in [0.15, 0.2) is 5.03 Å². The van der Waals surface area contributed by atoms with E-state index in [1.165, 1.54) is 24.0 Å². The molecule has 1 unspecified atom stereocenters. The number of aromatic nitrogens is 2. The maximum atomic E-state index is 11.8. The summed E-state index contributed by atoms with van der Waals surface area (Å²) in [4.78, 5) is 10.7. The van der Waals surface area contributed by atoms with E-state index < -0.39 is 21.9 Å². The fourth-order valence-electron chi connectivity index (χ4n) is 1.32. The van der Waals surface area contributed by atoms with Crippen LogP contribution in [0, 0.1) is 5.92 Å². The smallest absolute Gasteiger partial charge is 0.307 e. The van der Waals surface area contributed by atoms with Crippen LogP contribution in [0.3, 0.4) is 0 Å². The number of carbonyl (C=O) groups is 1. The minimum atomic E-state index is -3.70. The van der Waals surface area contributed by atoms with Gasteiger partial charge in [0.25, 0.3) is 10.0 Å². The van der Waals surface area contributed by atoms with Crippen molar-refractivity contribution in [2.75, 3.05) is 6.54 Å². The van der Waals surface area contributed by atoms with Crippen molar-refractivity contribution in [2.24, 2.45) is 13.0 Å². The zero-order valence-electron chi connectivity index (χ0n) is 9.62. The average molecular weight is 261 g/mol. The zero-order valence-corrected chi connectivity index (χ0v) is 10.4. The van der Waals surface area contributed by atoms with E-state index in [1.807, 2.05) is 0 Å². The molecule has 0 amide bonds. The molecule has 1 atom stereocenters. The average Bonchev–Trinajstić information content (AvgIpc) is 2.65. The summed E-state index contributed by atoms with van der Waals surface area (Å²) in [7, 11) is -2.20. The Morgan fingerprint density at radius 1 is 1.65 bits per heavy atom. The van der Waals surface area contributed by atoms with E-state index in [4.69, 9.17) is 5.11 Å². The summed E-state index contributed by atoms with van der Waals surface area (Å²) < 4.78 is 27.1. The Hall–Kier alpha value is -1.41. The number of aliphatic carboxylic acids is 1. The van der Waals surface area contributed by atoms with E-state index >= 15 is 0 Å². The van der Waals surface area contributed by atoms with Crippen molar-refractivity contribution in [1.29, 1.82) is 0 Å². The molecule has 0 aliphatic heterocycles. The fraction of sp³-hybridized carbons (Fsp3) is 0.556. The standard InChI is InChI=1S/C9H15N3O4S/c1-3-7(9(13)14)6-11-17(15,16)8-4-5-10-12(8)2/h4-5,7,11H,3,6H2,1-2H3,(H,13,14). The zero-order chi connectivity index (χ0) is 13.1. The van der Waals surface area contributed by atoms with Crippen LogP contribution in [0.15, 0.2) is 17.3 Å². The van der Waals surface area contributed by atoms with Crippen molar-refractivity contribution < 1.29 is 18.3 Å². The molecule has 0 radical (unpaired) electrons. The van der Waals surface area contributed by atoms with Crippen molar-refractivity contribution in [3.8, 4) is 0 Å². The number of aryl methyl sites for hydroxylation is 1. The summed E-state index contributed by atoms with van der Waals surface area (Å²) in [6.07, 6.45) is 1.73. The van der Waals surface area contributed by atoms with Gasteiger partial charge in [-0.3, -0.25) is 9.48 Å². The van der Waals surface area contributed by atoms with Gasteiger partial charge in [0.05, 0.1) is 12.1 Å². The Kier molecular flexibility index (Phi) is 4.24. The van der Waals surface area contributed by atoms with Gasteiger partial charge in [-0.1, -0.05) is 6.92 Å². The summed E-state index contributed by atoms with van der Waals surface area (Å²) in [6, 6.07) is 1.35. The van der Waals surface area contributed by atoms with Crippen molar-refractivity contribution in [3.05, 3.63) is 12.3 Å². The van der Waals surface area contributed by atoms with E-state index in [0.29, 0.717) is 6.42 Å². The van der Waals surface area contributed by atoms with Crippen LogP contribution in [0.1, 0.15) is 13.3 Å². The van der Waals surface area contributed by atoms with Gasteiger partial charge in [-0.25, -0.2) is 13.1 Å². The van der Waals surface area contributed by atoms with Gasteiger partial charge in [-0.15, -0.1) is 0 Å². The Morgan fingerprint density at radius 2 is 2.29 bits per heavy atom. The molecule has 8 heteroatoms. The maximum Gasteiger partial charge on any atom is 0.307 e. The van der Waals surface area contributed by atoms with Crippen LogP contribution in [0.4, 0.5) is 0 Å². The number of hydrogen-bond acceptors (Lipinski definition) is 4. The van der Waals surface area contributed by atoms with Crippen molar-refractivity contribution >= 4 is 16.0 Å². The minimum Gasteiger partial charge on any atom is -0.481 e. The number of nitrogens with one attached hydrogen (secondary N) is 1. The van der Waals surface area contributed by atoms with Crippen molar-refractivity contribution in [2.45, 2.75) is 18.4 Å². The lowest BCUT2D eigenvalue weighted by Gasteiger charge is -2.11. The van der Waals surface area contributed by atoms with Crippen LogP contribution in [-0.4, -0.2) is 35.8 Å². The van der Waals surface area contributed by atoms with Gasteiger partial charge in [-0.05, 0) is 12.5 Å². The minimum absolute atomic E-state index is 0.0118. The summed E-state index contributed by atoms with van der Waals surface area (Å²) in [5.41, 5.74) is 0. The Labute approximate surface area is 99.5 Å². The molecule has 1 rings (SSSR count). The second-order valence-electron chi connectivity index (χ2n) is 3.59. The van der Waals surface area contributed by atoms with Gasteiger partial charge >= 0.3 is 5.97 Å². The van der Waals surface area contributed by atoms with E-state index in [9.17, 15) is 13.2 Å². The number of hydrogen-bond donors (Lipinski definition) is 2. The molecular formula is C9H15N3O4S. The number of carboxylic acid groups (broad SMARTS) is 1. The molecule has 2 N–H and O–H groups in total. The quantitative estimate of drug-likeness (QED) is 0.739. The van der Waals surface area contributed by atoms with Gasteiger partial charge in [-0.2, -0.15) is 5.10 Å². The van der Waals surface area contributed by atoms with E-state index in [2.05, 4.69) is 9.82 Å². The molecule has 17 heavy (non-hydrogen) atoms. The molecule has 0 spiro atoms. The highest BCUT2D eigenvalue weighted by atomic mass is 32.2. The highest BCUT2D eigenvalue weighted by molar-refractivity contribution is 7.89. The first-order valence-corrected chi connectivity index (χ1v) is 6.57. The molecule has 7 nitrogen and oxygen atoms in total. The summed E-state index contributed by atoms with van der Waals surface area (Å²) >= 11 is 0. The topological polar surface area (TPSA) is 101 Å². The third-order valence-electron chi connectivity index (χ3n) is 2.41. The normalized spacial score (nSPS) is 13.5. The highest BCUT2D eigenvalue weighted by Crippen LogP contribution is 2.08. The number of sulfonamides is 1. The molecule has 0 bridgehead atoms. The summed E-state index contributed by atoms with van der Waals surface area (Å²) in [5, 5.41) is 12.6. The van der Waals surface area contributed by atoms with E-state index in [-0.39, 0.29) is 11.6 Å². The third-order valence-corrected chi connectivity index (χ3v) is 3.91. The second kappa shape index (κ2) is 5.28. The lowest BCUT2D eigenvalue weighted by molar-refractivity contribution is -0.141. The Bertz CT molecular complexity index is 494. The first kappa shape index (κ1) is 13.7. The highest BCUT2D eigenvalue weighted by Gasteiger charge is 2.22. The number of nitrogens with zero attached hydrogens (tertiary/aromatic N) is 2. The molecule has 0 saturated carbocycles. The lowest BCUT2D eigenvalue weighted by Crippen LogP contribution is -2.33. The van der Waals surface area contributed by atoms with E-state index in [0.717, 1.165) is 0 Å².